The molecule has 2 aliphatic rings. The molecule has 2 aromatic rings. The number of rotatable bonds is 6. The number of carbonyl (C=O) groups is 3. The van der Waals surface area contributed by atoms with Crippen LogP contribution < -0.4 is 10.6 Å². The average Bonchev–Trinajstić information content (AvgIpc) is 3.37. The van der Waals surface area contributed by atoms with Gasteiger partial charge in [0.25, 0.3) is 0 Å². The predicted octanol–water partition coefficient (Wildman–Crippen LogP) is 4.31. The molecule has 1 saturated carbocycles. The predicted molar refractivity (Wildman–Crippen MR) is 128 cm³/mol. The lowest BCUT2D eigenvalue weighted by Gasteiger charge is -2.28. The van der Waals surface area contributed by atoms with E-state index in [-0.39, 0.29) is 30.4 Å². The molecule has 2 unspecified atom stereocenters. The summed E-state index contributed by atoms with van der Waals surface area (Å²) in [5.41, 5.74) is 4.05. The van der Waals surface area contributed by atoms with Crippen molar-refractivity contribution in [2.45, 2.75) is 58.0 Å². The molecule has 2 aliphatic carbocycles. The fourth-order valence-corrected chi connectivity index (χ4v) is 5.07. The molecule has 4 rings (SSSR count). The van der Waals surface area contributed by atoms with Crippen molar-refractivity contribution in [1.29, 1.82) is 0 Å². The van der Waals surface area contributed by atoms with E-state index in [1.807, 2.05) is 24.3 Å². The number of carboxylic acid groups (broad SMARTS) is 1. The van der Waals surface area contributed by atoms with Crippen LogP contribution in [0.15, 0.2) is 48.5 Å². The SMILES string of the molecule is CC(C)(C)[C@H](NC(=O)C1CCC(NC(=O)OCC2c3ccccc3-c3ccccc32)C1)C(=O)O. The van der Waals surface area contributed by atoms with Crippen molar-refractivity contribution in [1.82, 2.24) is 10.6 Å². The summed E-state index contributed by atoms with van der Waals surface area (Å²) >= 11 is 0. The van der Waals surface area contributed by atoms with E-state index in [1.54, 1.807) is 20.8 Å². The van der Waals surface area contributed by atoms with Crippen LogP contribution >= 0.6 is 0 Å². The first kappa shape index (κ1) is 23.8. The van der Waals surface area contributed by atoms with Gasteiger partial charge in [0.05, 0.1) is 0 Å². The number of carboxylic acids is 1. The molecule has 3 N–H and O–H groups in total. The van der Waals surface area contributed by atoms with E-state index in [0.717, 1.165) is 11.1 Å². The van der Waals surface area contributed by atoms with Crippen molar-refractivity contribution in [2.75, 3.05) is 6.61 Å². The van der Waals surface area contributed by atoms with Crippen LogP contribution in [-0.4, -0.2) is 41.8 Å². The lowest BCUT2D eigenvalue weighted by molar-refractivity contribution is -0.145. The molecule has 0 radical (unpaired) electrons. The number of hydrogen-bond acceptors (Lipinski definition) is 4. The second kappa shape index (κ2) is 9.49. The highest BCUT2D eigenvalue weighted by atomic mass is 16.5. The number of alkyl carbamates (subject to hydrolysis) is 1. The molecular formula is C27H32N2O5. The van der Waals surface area contributed by atoms with Gasteiger partial charge in [0.2, 0.25) is 5.91 Å². The minimum atomic E-state index is -1.05. The molecule has 7 nitrogen and oxygen atoms in total. The summed E-state index contributed by atoms with van der Waals surface area (Å²) < 4.78 is 5.61. The van der Waals surface area contributed by atoms with E-state index in [9.17, 15) is 19.5 Å². The minimum Gasteiger partial charge on any atom is -0.480 e. The van der Waals surface area contributed by atoms with Gasteiger partial charge in [-0.05, 0) is 46.9 Å². The number of amides is 2. The van der Waals surface area contributed by atoms with E-state index in [0.29, 0.717) is 19.3 Å². The fourth-order valence-electron chi connectivity index (χ4n) is 5.07. The average molecular weight is 465 g/mol. The molecule has 3 atom stereocenters. The Morgan fingerprint density at radius 3 is 2.15 bits per heavy atom. The maximum Gasteiger partial charge on any atom is 0.407 e. The van der Waals surface area contributed by atoms with Crippen LogP contribution in [0.4, 0.5) is 4.79 Å². The molecule has 0 spiro atoms. The van der Waals surface area contributed by atoms with Crippen molar-refractivity contribution >= 4 is 18.0 Å². The standard InChI is InChI=1S/C27H32N2O5/c1-27(2,3)23(25(31)32)29-24(30)16-12-13-17(14-16)28-26(33)34-15-22-20-10-6-4-8-18(20)19-9-5-7-11-21(19)22/h4-11,16-17,22-23H,12-15H2,1-3H3,(H,28,33)(H,29,30)(H,31,32)/t16?,17?,23-/m1/s1. The number of ether oxygens (including phenoxy) is 1. The highest BCUT2D eigenvalue weighted by Gasteiger charge is 2.37. The Morgan fingerprint density at radius 2 is 1.59 bits per heavy atom. The molecule has 2 amide bonds. The summed E-state index contributed by atoms with van der Waals surface area (Å²) in [4.78, 5) is 36.7. The lowest BCUT2D eigenvalue weighted by atomic mass is 9.86. The number of nitrogens with one attached hydrogen (secondary N) is 2. The van der Waals surface area contributed by atoms with Crippen molar-refractivity contribution in [2.24, 2.45) is 11.3 Å². The second-order valence-electron chi connectivity index (χ2n) is 10.3. The fraction of sp³-hybridized carbons (Fsp3) is 0.444. The quantitative estimate of drug-likeness (QED) is 0.591. The van der Waals surface area contributed by atoms with Gasteiger partial charge in [-0.2, -0.15) is 0 Å². The number of fused-ring (bicyclic) bond motifs is 3. The Balaban J connectivity index is 1.30. The van der Waals surface area contributed by atoms with E-state index < -0.39 is 23.5 Å². The summed E-state index contributed by atoms with van der Waals surface area (Å²) in [6.45, 7) is 5.58. The van der Waals surface area contributed by atoms with Crippen molar-refractivity contribution in [3.8, 4) is 11.1 Å². The Hall–Kier alpha value is -3.35. The van der Waals surface area contributed by atoms with Gasteiger partial charge < -0.3 is 20.5 Å². The molecular weight excluding hydrogens is 432 g/mol. The van der Waals surface area contributed by atoms with E-state index >= 15 is 0 Å². The number of aliphatic carboxylic acids is 1. The second-order valence-corrected chi connectivity index (χ2v) is 10.3. The number of hydrogen-bond donors (Lipinski definition) is 3. The van der Waals surface area contributed by atoms with Crippen molar-refractivity contribution in [3.05, 3.63) is 59.7 Å². The van der Waals surface area contributed by atoms with Gasteiger partial charge in [0, 0.05) is 17.9 Å². The first-order valence-corrected chi connectivity index (χ1v) is 11.8. The summed E-state index contributed by atoms with van der Waals surface area (Å²) in [7, 11) is 0. The zero-order chi connectivity index (χ0) is 24.5. The van der Waals surface area contributed by atoms with Crippen LogP contribution in [-0.2, 0) is 14.3 Å². The van der Waals surface area contributed by atoms with E-state index in [4.69, 9.17) is 4.74 Å². The summed E-state index contributed by atoms with van der Waals surface area (Å²) in [6.07, 6.45) is 1.21. The maximum absolute atomic E-state index is 12.7. The molecule has 0 heterocycles. The third kappa shape index (κ3) is 4.93. The van der Waals surface area contributed by atoms with Crippen LogP contribution in [0.5, 0.6) is 0 Å². The highest BCUT2D eigenvalue weighted by Crippen LogP contribution is 2.44. The molecule has 0 saturated heterocycles. The van der Waals surface area contributed by atoms with Gasteiger partial charge in [0.15, 0.2) is 0 Å². The Bertz CT molecular complexity index is 1040. The summed E-state index contributed by atoms with van der Waals surface area (Å²) in [6, 6.07) is 15.2. The summed E-state index contributed by atoms with van der Waals surface area (Å²) in [5.74, 6) is -1.67. The Kier molecular flexibility index (Phi) is 6.64. The molecule has 2 aromatic carbocycles. The molecule has 7 heteroatoms. The highest BCUT2D eigenvalue weighted by molar-refractivity contribution is 5.86. The Labute approximate surface area is 199 Å². The lowest BCUT2D eigenvalue weighted by Crippen LogP contribution is -2.50. The third-order valence-electron chi connectivity index (χ3n) is 6.87. The van der Waals surface area contributed by atoms with Gasteiger partial charge in [-0.1, -0.05) is 69.3 Å². The van der Waals surface area contributed by atoms with Crippen molar-refractivity contribution in [3.63, 3.8) is 0 Å². The zero-order valence-corrected chi connectivity index (χ0v) is 19.8. The van der Waals surface area contributed by atoms with Gasteiger partial charge in [-0.15, -0.1) is 0 Å². The van der Waals surface area contributed by atoms with Gasteiger partial charge >= 0.3 is 12.1 Å². The van der Waals surface area contributed by atoms with Gasteiger partial charge in [-0.25, -0.2) is 9.59 Å². The molecule has 0 bridgehead atoms. The smallest absolute Gasteiger partial charge is 0.407 e. The van der Waals surface area contributed by atoms with E-state index in [2.05, 4.69) is 34.9 Å². The largest absolute Gasteiger partial charge is 0.480 e. The number of carbonyl (C=O) groups excluding carboxylic acids is 2. The van der Waals surface area contributed by atoms with Crippen LogP contribution in [0.3, 0.4) is 0 Å². The van der Waals surface area contributed by atoms with Crippen LogP contribution in [0.1, 0.15) is 57.1 Å². The monoisotopic (exact) mass is 464 g/mol. The van der Waals surface area contributed by atoms with Gasteiger partial charge in [-0.3, -0.25) is 4.79 Å². The normalized spacial score (nSPS) is 20.2. The van der Waals surface area contributed by atoms with E-state index in [1.165, 1.54) is 11.1 Å². The Morgan fingerprint density at radius 1 is 1.00 bits per heavy atom. The van der Waals surface area contributed by atoms with Gasteiger partial charge in [0.1, 0.15) is 12.6 Å². The van der Waals surface area contributed by atoms with Crippen LogP contribution in [0.2, 0.25) is 0 Å². The topological polar surface area (TPSA) is 105 Å². The first-order chi connectivity index (χ1) is 16.1. The first-order valence-electron chi connectivity index (χ1n) is 11.8. The molecule has 0 aromatic heterocycles. The molecule has 1 fully saturated rings. The van der Waals surface area contributed by atoms with Crippen LogP contribution in [0, 0.1) is 11.3 Å². The van der Waals surface area contributed by atoms with Crippen LogP contribution in [0.25, 0.3) is 11.1 Å². The summed E-state index contributed by atoms with van der Waals surface area (Å²) in [5, 5.41) is 15.0. The number of benzene rings is 2. The zero-order valence-electron chi connectivity index (χ0n) is 19.8. The molecule has 34 heavy (non-hydrogen) atoms. The molecule has 0 aliphatic heterocycles. The van der Waals surface area contributed by atoms with Crippen molar-refractivity contribution < 1.29 is 24.2 Å². The minimum absolute atomic E-state index is 0.00870. The molecule has 180 valence electrons. The third-order valence-corrected chi connectivity index (χ3v) is 6.87. The maximum atomic E-state index is 12.7.